The molecule has 0 fully saturated rings. The minimum atomic E-state index is -1.02. The maximum atomic E-state index is 13.3. The largest absolute Gasteiger partial charge is 0.386 e. The maximum Gasteiger partial charge on any atom is 0.350 e. The second-order valence-electron chi connectivity index (χ2n) is 9.25. The Morgan fingerprint density at radius 3 is 2.33 bits per heavy atom. The fourth-order valence-electron chi connectivity index (χ4n) is 4.19. The van der Waals surface area contributed by atoms with Crippen LogP contribution in [-0.2, 0) is 19.7 Å². The Hall–Kier alpha value is -4.50. The Bertz CT molecular complexity index is 1650. The number of fused-ring (bicyclic) bond motifs is 1. The summed E-state index contributed by atoms with van der Waals surface area (Å²) in [5.41, 5.74) is 3.75. The van der Waals surface area contributed by atoms with Gasteiger partial charge in [-0.2, -0.15) is 10.2 Å². The lowest BCUT2D eigenvalue weighted by Crippen LogP contribution is -2.21. The van der Waals surface area contributed by atoms with Gasteiger partial charge in [0.05, 0.1) is 16.8 Å². The van der Waals surface area contributed by atoms with Crippen LogP contribution in [0.3, 0.4) is 0 Å². The lowest BCUT2D eigenvalue weighted by Gasteiger charge is -2.18. The SMILES string of the molecule is Cn1nc2ccc(-c3ccc(-n4cnn(C)c4=O)cc3)cc2c1C(=O)Nc1cccc(C(C)(C)O)c1. The quantitative estimate of drug-likeness (QED) is 0.398. The van der Waals surface area contributed by atoms with Gasteiger partial charge >= 0.3 is 5.69 Å². The summed E-state index contributed by atoms with van der Waals surface area (Å²) < 4.78 is 4.32. The van der Waals surface area contributed by atoms with Crippen LogP contribution in [-0.4, -0.2) is 35.1 Å². The Kier molecular flexibility index (Phi) is 5.57. The van der Waals surface area contributed by atoms with E-state index in [4.69, 9.17) is 0 Å². The van der Waals surface area contributed by atoms with Crippen LogP contribution in [0.2, 0.25) is 0 Å². The molecule has 182 valence electrons. The third-order valence-corrected chi connectivity index (χ3v) is 6.18. The first kappa shape index (κ1) is 23.3. The standard InChI is InChI=1S/C27H26N6O3/c1-27(2,36)19-6-5-7-20(15-19)29-25(34)24-22-14-18(10-13-23(22)30-31(24)3)17-8-11-21(12-9-17)33-16-28-32(4)26(33)35/h5-16,36H,1-4H3,(H,29,34). The number of amides is 1. The van der Waals surface area contributed by atoms with E-state index in [9.17, 15) is 14.7 Å². The summed E-state index contributed by atoms with van der Waals surface area (Å²) >= 11 is 0. The number of anilines is 1. The first-order valence-corrected chi connectivity index (χ1v) is 11.4. The lowest BCUT2D eigenvalue weighted by molar-refractivity contribution is 0.0786. The summed E-state index contributed by atoms with van der Waals surface area (Å²) in [6.45, 7) is 3.40. The van der Waals surface area contributed by atoms with Crippen LogP contribution >= 0.6 is 0 Å². The number of carbonyl (C=O) groups is 1. The van der Waals surface area contributed by atoms with Gasteiger partial charge in [-0.1, -0.05) is 30.3 Å². The molecule has 9 heteroatoms. The van der Waals surface area contributed by atoms with Crippen LogP contribution in [0.5, 0.6) is 0 Å². The number of aromatic nitrogens is 5. The summed E-state index contributed by atoms with van der Waals surface area (Å²) in [5, 5.41) is 22.4. The average Bonchev–Trinajstić information content (AvgIpc) is 3.36. The van der Waals surface area contributed by atoms with E-state index in [1.165, 1.54) is 15.6 Å². The van der Waals surface area contributed by atoms with Gasteiger partial charge in [0.2, 0.25) is 0 Å². The highest BCUT2D eigenvalue weighted by molar-refractivity contribution is 6.12. The molecule has 0 bridgehead atoms. The summed E-state index contributed by atoms with van der Waals surface area (Å²) in [5.74, 6) is -0.295. The lowest BCUT2D eigenvalue weighted by atomic mass is 9.98. The van der Waals surface area contributed by atoms with Gasteiger partial charge in [0.1, 0.15) is 12.0 Å². The molecule has 1 amide bonds. The fraction of sp³-hybridized carbons (Fsp3) is 0.185. The first-order chi connectivity index (χ1) is 17.1. The second kappa shape index (κ2) is 8.62. The van der Waals surface area contributed by atoms with Gasteiger partial charge in [0.15, 0.2) is 0 Å². The fourth-order valence-corrected chi connectivity index (χ4v) is 4.19. The minimum absolute atomic E-state index is 0.219. The van der Waals surface area contributed by atoms with Crippen molar-refractivity contribution in [2.75, 3.05) is 5.32 Å². The van der Waals surface area contributed by atoms with Crippen molar-refractivity contribution in [2.45, 2.75) is 19.4 Å². The van der Waals surface area contributed by atoms with Crippen LogP contribution in [0, 0.1) is 0 Å². The van der Waals surface area contributed by atoms with Crippen LogP contribution in [0.1, 0.15) is 29.9 Å². The third-order valence-electron chi connectivity index (χ3n) is 6.18. The van der Waals surface area contributed by atoms with Gasteiger partial charge in [0.25, 0.3) is 5.91 Å². The highest BCUT2D eigenvalue weighted by atomic mass is 16.3. The summed E-state index contributed by atoms with van der Waals surface area (Å²) in [6, 6.07) is 20.5. The van der Waals surface area contributed by atoms with Crippen molar-refractivity contribution in [1.29, 1.82) is 0 Å². The number of rotatable bonds is 5. The molecule has 0 radical (unpaired) electrons. The number of nitrogens with one attached hydrogen (secondary N) is 1. The third kappa shape index (κ3) is 4.20. The smallest absolute Gasteiger partial charge is 0.350 e. The van der Waals surface area contributed by atoms with Gasteiger partial charge in [-0.05, 0) is 66.9 Å². The Balaban J connectivity index is 1.47. The van der Waals surface area contributed by atoms with Gasteiger partial charge < -0.3 is 10.4 Å². The molecule has 9 nitrogen and oxygen atoms in total. The zero-order valence-electron chi connectivity index (χ0n) is 20.4. The van der Waals surface area contributed by atoms with E-state index in [-0.39, 0.29) is 11.6 Å². The molecule has 0 saturated heterocycles. The van der Waals surface area contributed by atoms with E-state index in [2.05, 4.69) is 15.5 Å². The van der Waals surface area contributed by atoms with E-state index < -0.39 is 5.60 Å². The van der Waals surface area contributed by atoms with Crippen LogP contribution in [0.25, 0.3) is 27.7 Å². The van der Waals surface area contributed by atoms with Crippen molar-refractivity contribution in [2.24, 2.45) is 14.1 Å². The number of nitrogens with zero attached hydrogens (tertiary/aromatic N) is 5. The monoisotopic (exact) mass is 482 g/mol. The maximum absolute atomic E-state index is 13.3. The first-order valence-electron chi connectivity index (χ1n) is 11.4. The summed E-state index contributed by atoms with van der Waals surface area (Å²) in [4.78, 5) is 25.5. The molecule has 0 spiro atoms. The van der Waals surface area contributed by atoms with Gasteiger partial charge in [0, 0.05) is 25.2 Å². The molecular formula is C27H26N6O3. The van der Waals surface area contributed by atoms with Gasteiger partial charge in [-0.25, -0.2) is 14.0 Å². The van der Waals surface area contributed by atoms with E-state index in [1.54, 1.807) is 50.8 Å². The Labute approximate surface area is 207 Å². The van der Waals surface area contributed by atoms with Crippen LogP contribution in [0.15, 0.2) is 77.9 Å². The molecule has 2 heterocycles. The predicted molar refractivity (Wildman–Crippen MR) is 138 cm³/mol. The summed E-state index contributed by atoms with van der Waals surface area (Å²) in [7, 11) is 3.34. The second-order valence-corrected chi connectivity index (χ2v) is 9.25. The molecule has 2 N–H and O–H groups in total. The minimum Gasteiger partial charge on any atom is -0.386 e. The molecule has 0 aliphatic heterocycles. The van der Waals surface area contributed by atoms with Crippen molar-refractivity contribution in [1.82, 2.24) is 24.1 Å². The molecule has 0 atom stereocenters. The Morgan fingerprint density at radius 1 is 0.944 bits per heavy atom. The van der Waals surface area contributed by atoms with Crippen molar-refractivity contribution in [3.63, 3.8) is 0 Å². The highest BCUT2D eigenvalue weighted by Crippen LogP contribution is 2.28. The molecule has 3 aromatic carbocycles. The van der Waals surface area contributed by atoms with E-state index >= 15 is 0 Å². The molecule has 5 rings (SSSR count). The molecule has 2 aromatic heterocycles. The number of hydrogen-bond donors (Lipinski definition) is 2. The number of aryl methyl sites for hydroxylation is 2. The van der Waals surface area contributed by atoms with Gasteiger partial charge in [-0.15, -0.1) is 0 Å². The molecular weight excluding hydrogens is 456 g/mol. The Morgan fingerprint density at radius 2 is 1.67 bits per heavy atom. The average molecular weight is 483 g/mol. The van der Waals surface area contributed by atoms with E-state index in [1.807, 2.05) is 48.5 Å². The van der Waals surface area contributed by atoms with Gasteiger partial charge in [-0.3, -0.25) is 9.48 Å². The van der Waals surface area contributed by atoms with Crippen molar-refractivity contribution < 1.29 is 9.90 Å². The molecule has 36 heavy (non-hydrogen) atoms. The van der Waals surface area contributed by atoms with Crippen molar-refractivity contribution in [3.05, 3.63) is 94.8 Å². The van der Waals surface area contributed by atoms with E-state index in [0.29, 0.717) is 28.1 Å². The summed E-state index contributed by atoms with van der Waals surface area (Å²) in [6.07, 6.45) is 1.49. The normalized spacial score (nSPS) is 11.7. The zero-order valence-corrected chi connectivity index (χ0v) is 20.4. The molecule has 0 unspecified atom stereocenters. The molecule has 0 saturated carbocycles. The topological polar surface area (TPSA) is 107 Å². The molecule has 5 aromatic rings. The zero-order chi connectivity index (χ0) is 25.6. The van der Waals surface area contributed by atoms with Crippen LogP contribution in [0.4, 0.5) is 5.69 Å². The predicted octanol–water partition coefficient (Wildman–Crippen LogP) is 3.60. The van der Waals surface area contributed by atoms with E-state index in [0.717, 1.165) is 16.5 Å². The number of carbonyl (C=O) groups excluding carboxylic acids is 1. The highest BCUT2D eigenvalue weighted by Gasteiger charge is 2.20. The molecule has 0 aliphatic rings. The number of benzene rings is 3. The van der Waals surface area contributed by atoms with Crippen LogP contribution < -0.4 is 11.0 Å². The molecule has 0 aliphatic carbocycles. The number of hydrogen-bond acceptors (Lipinski definition) is 5. The van der Waals surface area contributed by atoms with Crippen molar-refractivity contribution >= 4 is 22.5 Å². The number of aliphatic hydroxyl groups is 1. The van der Waals surface area contributed by atoms with Crippen molar-refractivity contribution in [3.8, 4) is 16.8 Å².